The number of hydrogen-bond donors (Lipinski definition) is 2. The van der Waals surface area contributed by atoms with Crippen molar-refractivity contribution in [1.29, 1.82) is 0 Å². The second kappa shape index (κ2) is 13.6. The van der Waals surface area contributed by atoms with E-state index in [0.717, 1.165) is 24.2 Å². The van der Waals surface area contributed by atoms with Gasteiger partial charge in [0.2, 0.25) is 0 Å². The van der Waals surface area contributed by atoms with Gasteiger partial charge in [-0.2, -0.15) is 0 Å². The van der Waals surface area contributed by atoms with E-state index in [0.29, 0.717) is 12.5 Å². The molecule has 1 aliphatic carbocycles. The third kappa shape index (κ3) is 7.98. The lowest BCUT2D eigenvalue weighted by Crippen LogP contribution is -2.41. The zero-order valence-corrected chi connectivity index (χ0v) is 17.4. The second-order valence-corrected chi connectivity index (χ2v) is 8.69. The minimum atomic E-state index is 0.214. The highest BCUT2D eigenvalue weighted by Crippen LogP contribution is 2.36. The second-order valence-electron chi connectivity index (χ2n) is 8.69. The van der Waals surface area contributed by atoms with Crippen molar-refractivity contribution in [3.63, 3.8) is 0 Å². The molecule has 26 heavy (non-hydrogen) atoms. The fourth-order valence-electron chi connectivity index (χ4n) is 5.03. The number of amidine groups is 1. The van der Waals surface area contributed by atoms with Gasteiger partial charge in [0.05, 0.1) is 19.0 Å². The van der Waals surface area contributed by atoms with Crippen molar-refractivity contribution in [2.45, 2.75) is 116 Å². The lowest BCUT2D eigenvalue weighted by molar-refractivity contribution is 0.183. The first kappa shape index (κ1) is 21.7. The molecule has 0 aromatic carbocycles. The number of aliphatic imine (C=N–C) groups is 1. The Kier molecular flexibility index (Phi) is 11.3. The highest BCUT2D eigenvalue weighted by Gasteiger charge is 2.33. The molecule has 3 unspecified atom stereocenters. The van der Waals surface area contributed by atoms with Crippen molar-refractivity contribution in [3.8, 4) is 0 Å². The maximum absolute atomic E-state index is 9.11. The van der Waals surface area contributed by atoms with Gasteiger partial charge in [-0.1, -0.05) is 96.8 Å². The van der Waals surface area contributed by atoms with Crippen LogP contribution >= 0.6 is 0 Å². The Bertz CT molecular complexity index is 382. The summed E-state index contributed by atoms with van der Waals surface area (Å²) in [4.78, 5) is 4.62. The quantitative estimate of drug-likeness (QED) is 0.379. The highest BCUT2D eigenvalue weighted by atomic mass is 16.3. The summed E-state index contributed by atoms with van der Waals surface area (Å²) in [5.74, 6) is 2.75. The number of unbranched alkanes of at least 4 members (excludes halogenated alkanes) is 9. The molecule has 3 atom stereocenters. The van der Waals surface area contributed by atoms with Crippen molar-refractivity contribution < 1.29 is 5.11 Å². The number of nitrogens with zero attached hydrogens (tertiary/aromatic N) is 1. The van der Waals surface area contributed by atoms with Gasteiger partial charge in [-0.15, -0.1) is 0 Å². The fraction of sp³-hybridized carbons (Fsp3) is 0.957. The molecule has 0 amide bonds. The normalized spacial score (nSPS) is 25.9. The average Bonchev–Trinajstić information content (AvgIpc) is 3.12. The third-order valence-corrected chi connectivity index (χ3v) is 6.59. The Morgan fingerprint density at radius 2 is 1.58 bits per heavy atom. The Labute approximate surface area is 162 Å². The van der Waals surface area contributed by atoms with Gasteiger partial charge in [-0.05, 0) is 18.3 Å². The van der Waals surface area contributed by atoms with Crippen LogP contribution in [0.4, 0.5) is 0 Å². The van der Waals surface area contributed by atoms with Crippen molar-refractivity contribution in [3.05, 3.63) is 0 Å². The summed E-state index contributed by atoms with van der Waals surface area (Å²) in [6.07, 6.45) is 22.1. The summed E-state index contributed by atoms with van der Waals surface area (Å²) in [7, 11) is 0. The van der Waals surface area contributed by atoms with Crippen LogP contribution in [0.2, 0.25) is 0 Å². The number of aliphatic hydroxyl groups excluding tert-OH is 1. The van der Waals surface area contributed by atoms with Crippen LogP contribution < -0.4 is 5.32 Å². The predicted octanol–water partition coefficient (Wildman–Crippen LogP) is 5.86. The summed E-state index contributed by atoms with van der Waals surface area (Å²) in [5, 5.41) is 12.7. The Morgan fingerprint density at radius 1 is 0.923 bits per heavy atom. The number of nitrogens with one attached hydrogen (secondary N) is 1. The molecule has 1 fully saturated rings. The van der Waals surface area contributed by atoms with Gasteiger partial charge < -0.3 is 10.4 Å². The minimum Gasteiger partial charge on any atom is -0.396 e. The molecule has 2 aliphatic rings. The lowest BCUT2D eigenvalue weighted by atomic mass is 9.73. The molecular formula is C23H44N2O. The molecule has 152 valence electrons. The third-order valence-electron chi connectivity index (χ3n) is 6.59. The van der Waals surface area contributed by atoms with E-state index in [4.69, 9.17) is 5.11 Å². The van der Waals surface area contributed by atoms with Crippen molar-refractivity contribution in [2.24, 2.45) is 16.8 Å². The fourth-order valence-corrected chi connectivity index (χ4v) is 5.03. The van der Waals surface area contributed by atoms with E-state index in [9.17, 15) is 0 Å². The first-order chi connectivity index (χ1) is 12.8. The summed E-state index contributed by atoms with van der Waals surface area (Å²) < 4.78 is 0. The van der Waals surface area contributed by atoms with E-state index >= 15 is 0 Å². The van der Waals surface area contributed by atoms with Gasteiger partial charge >= 0.3 is 0 Å². The van der Waals surface area contributed by atoms with Gasteiger partial charge in [0.15, 0.2) is 0 Å². The predicted molar refractivity (Wildman–Crippen MR) is 113 cm³/mol. The molecule has 0 saturated heterocycles. The van der Waals surface area contributed by atoms with Crippen LogP contribution in [0, 0.1) is 11.8 Å². The smallest absolute Gasteiger partial charge is 0.0989 e. The molecule has 1 aliphatic heterocycles. The summed E-state index contributed by atoms with van der Waals surface area (Å²) in [6, 6.07) is 0.546. The van der Waals surface area contributed by atoms with Crippen LogP contribution in [0.3, 0.4) is 0 Å². The Morgan fingerprint density at radius 3 is 2.27 bits per heavy atom. The van der Waals surface area contributed by atoms with Crippen LogP contribution in [0.1, 0.15) is 110 Å². The van der Waals surface area contributed by atoms with Crippen molar-refractivity contribution >= 4 is 5.84 Å². The summed E-state index contributed by atoms with van der Waals surface area (Å²) in [6.45, 7) is 3.44. The molecule has 0 aromatic heterocycles. The van der Waals surface area contributed by atoms with Crippen LogP contribution in [0.5, 0.6) is 0 Å². The monoisotopic (exact) mass is 364 g/mol. The van der Waals surface area contributed by atoms with E-state index in [1.807, 2.05) is 0 Å². The first-order valence-electron chi connectivity index (χ1n) is 11.8. The molecule has 1 saturated carbocycles. The number of hydrogen-bond acceptors (Lipinski definition) is 3. The molecule has 2 rings (SSSR count). The highest BCUT2D eigenvalue weighted by molar-refractivity contribution is 5.84. The van der Waals surface area contributed by atoms with Crippen molar-refractivity contribution in [2.75, 3.05) is 13.2 Å². The van der Waals surface area contributed by atoms with Crippen LogP contribution in [-0.4, -0.2) is 30.1 Å². The lowest BCUT2D eigenvalue weighted by Gasteiger charge is -2.36. The van der Waals surface area contributed by atoms with E-state index in [2.05, 4.69) is 17.2 Å². The molecule has 0 radical (unpaired) electrons. The van der Waals surface area contributed by atoms with Crippen LogP contribution in [0.15, 0.2) is 4.99 Å². The van der Waals surface area contributed by atoms with E-state index in [1.54, 1.807) is 0 Å². The van der Waals surface area contributed by atoms with E-state index < -0.39 is 0 Å². The van der Waals surface area contributed by atoms with Gasteiger partial charge in [-0.25, -0.2) is 0 Å². The van der Waals surface area contributed by atoms with Gasteiger partial charge in [0.1, 0.15) is 0 Å². The summed E-state index contributed by atoms with van der Waals surface area (Å²) in [5.41, 5.74) is 0. The van der Waals surface area contributed by atoms with Gasteiger partial charge in [0.25, 0.3) is 0 Å². The van der Waals surface area contributed by atoms with Crippen LogP contribution in [-0.2, 0) is 0 Å². The summed E-state index contributed by atoms with van der Waals surface area (Å²) >= 11 is 0. The number of rotatable bonds is 14. The maximum Gasteiger partial charge on any atom is 0.0989 e. The van der Waals surface area contributed by atoms with E-state index in [1.165, 1.54) is 96.3 Å². The minimum absolute atomic E-state index is 0.214. The van der Waals surface area contributed by atoms with E-state index in [-0.39, 0.29) is 6.61 Å². The zero-order valence-electron chi connectivity index (χ0n) is 17.4. The van der Waals surface area contributed by atoms with Gasteiger partial charge in [0, 0.05) is 12.5 Å². The molecule has 2 N–H and O–H groups in total. The molecule has 3 nitrogen and oxygen atoms in total. The molecule has 0 bridgehead atoms. The standard InChI is InChI=1S/C23H44N2O/c1-2-3-4-5-6-7-8-9-10-11-14-20-15-12-13-16-21(20)22-19-24-23(25-22)17-18-26/h20-22,26H,2-19H2,1H3,(H,24,25). The number of aliphatic hydroxyl groups is 1. The Hall–Kier alpha value is -0.570. The zero-order chi connectivity index (χ0) is 18.5. The van der Waals surface area contributed by atoms with Crippen LogP contribution in [0.25, 0.3) is 0 Å². The molecular weight excluding hydrogens is 320 g/mol. The topological polar surface area (TPSA) is 44.6 Å². The first-order valence-corrected chi connectivity index (χ1v) is 11.8. The Balaban J connectivity index is 1.54. The largest absolute Gasteiger partial charge is 0.396 e. The maximum atomic E-state index is 9.11. The molecule has 0 aromatic rings. The average molecular weight is 365 g/mol. The SMILES string of the molecule is CCCCCCCCCCCCC1CCCCC1C1CN=C(CCO)N1. The van der Waals surface area contributed by atoms with Crippen molar-refractivity contribution in [1.82, 2.24) is 5.32 Å². The molecule has 0 spiro atoms. The molecule has 1 heterocycles. The van der Waals surface area contributed by atoms with Gasteiger partial charge in [-0.3, -0.25) is 4.99 Å². The molecule has 3 heteroatoms.